The number of amides is 1. The molecule has 18 heavy (non-hydrogen) atoms. The summed E-state index contributed by atoms with van der Waals surface area (Å²) in [6.45, 7) is 1.96. The molecule has 0 aromatic carbocycles. The Morgan fingerprint density at radius 2 is 2.22 bits per heavy atom. The van der Waals surface area contributed by atoms with Gasteiger partial charge in [-0.1, -0.05) is 0 Å². The zero-order valence-electron chi connectivity index (χ0n) is 9.78. The van der Waals surface area contributed by atoms with Gasteiger partial charge in [-0.15, -0.1) is 0 Å². The summed E-state index contributed by atoms with van der Waals surface area (Å²) < 4.78 is 2.06. The summed E-state index contributed by atoms with van der Waals surface area (Å²) in [6, 6.07) is 1.65. The monoisotopic (exact) mass is 243 g/mol. The molecule has 0 atom stereocenters. The molecule has 0 unspecified atom stereocenters. The smallest absolute Gasteiger partial charge is 0.256 e. The second-order valence-electron chi connectivity index (χ2n) is 4.23. The number of carbonyl (C=O) groups excluding carboxylic acids is 1. The Bertz CT molecular complexity index is 592. The van der Waals surface area contributed by atoms with Crippen LogP contribution in [0.3, 0.4) is 0 Å². The van der Waals surface area contributed by atoms with E-state index < -0.39 is 0 Å². The number of nitrogen functional groups attached to an aromatic ring is 1. The molecule has 0 fully saturated rings. The first-order chi connectivity index (χ1) is 8.75. The minimum atomic E-state index is -0.0656. The van der Waals surface area contributed by atoms with Gasteiger partial charge in [0.05, 0.1) is 24.0 Å². The predicted octanol–water partition coefficient (Wildman–Crippen LogP) is 0.516. The lowest BCUT2D eigenvalue weighted by atomic mass is 10.2. The Labute approximate surface area is 104 Å². The van der Waals surface area contributed by atoms with Crippen LogP contribution in [0.2, 0.25) is 0 Å². The molecule has 0 bridgehead atoms. The highest BCUT2D eigenvalue weighted by Crippen LogP contribution is 2.17. The molecule has 3 rings (SSSR count). The number of rotatable bonds is 1. The van der Waals surface area contributed by atoms with Crippen LogP contribution in [0.5, 0.6) is 0 Å². The molecule has 1 amide bonds. The number of hydrogen-bond acceptors (Lipinski definition) is 4. The lowest BCUT2D eigenvalue weighted by molar-refractivity contribution is 0.0708. The summed E-state index contributed by atoms with van der Waals surface area (Å²) in [4.78, 5) is 22.2. The summed E-state index contributed by atoms with van der Waals surface area (Å²) in [7, 11) is 0. The Morgan fingerprint density at radius 3 is 3.06 bits per heavy atom. The van der Waals surface area contributed by atoms with Crippen LogP contribution in [-0.2, 0) is 13.1 Å². The summed E-state index contributed by atoms with van der Waals surface area (Å²) in [5.41, 5.74) is 6.69. The van der Waals surface area contributed by atoms with E-state index >= 15 is 0 Å². The van der Waals surface area contributed by atoms with Gasteiger partial charge in [-0.05, 0) is 6.07 Å². The molecule has 0 radical (unpaired) electrons. The van der Waals surface area contributed by atoms with Gasteiger partial charge >= 0.3 is 0 Å². The molecule has 6 heteroatoms. The van der Waals surface area contributed by atoms with Crippen molar-refractivity contribution in [1.29, 1.82) is 0 Å². The van der Waals surface area contributed by atoms with Gasteiger partial charge in [0.1, 0.15) is 5.82 Å². The number of anilines is 1. The second kappa shape index (κ2) is 4.14. The Balaban J connectivity index is 1.85. The Morgan fingerprint density at radius 1 is 1.33 bits per heavy atom. The van der Waals surface area contributed by atoms with Crippen LogP contribution in [-0.4, -0.2) is 31.9 Å². The quantitative estimate of drug-likeness (QED) is 0.792. The minimum absolute atomic E-state index is 0.0656. The van der Waals surface area contributed by atoms with Crippen molar-refractivity contribution in [3.05, 3.63) is 42.2 Å². The number of carbonyl (C=O) groups is 1. The second-order valence-corrected chi connectivity index (χ2v) is 4.23. The number of imidazole rings is 1. The van der Waals surface area contributed by atoms with Crippen molar-refractivity contribution in [3.63, 3.8) is 0 Å². The molecule has 0 spiro atoms. The standard InChI is InChI=1S/C12H13N5O/c13-10-7-14-2-1-9(10)12(18)17-6-5-16-4-3-15-11(16)8-17/h1-4,7H,5-6,8,13H2. The molecule has 0 saturated heterocycles. The topological polar surface area (TPSA) is 77.0 Å². The third kappa shape index (κ3) is 1.71. The molecular weight excluding hydrogens is 230 g/mol. The molecule has 2 aromatic rings. The zero-order chi connectivity index (χ0) is 12.5. The van der Waals surface area contributed by atoms with E-state index in [9.17, 15) is 4.79 Å². The fourth-order valence-corrected chi connectivity index (χ4v) is 2.12. The summed E-state index contributed by atoms with van der Waals surface area (Å²) in [6.07, 6.45) is 6.76. The molecule has 6 nitrogen and oxygen atoms in total. The van der Waals surface area contributed by atoms with Crippen molar-refractivity contribution >= 4 is 11.6 Å². The summed E-state index contributed by atoms with van der Waals surface area (Å²) >= 11 is 0. The molecule has 2 N–H and O–H groups in total. The third-order valence-corrected chi connectivity index (χ3v) is 3.11. The maximum absolute atomic E-state index is 12.3. The first-order valence-corrected chi connectivity index (χ1v) is 5.74. The van der Waals surface area contributed by atoms with Crippen molar-refractivity contribution in [2.75, 3.05) is 12.3 Å². The predicted molar refractivity (Wildman–Crippen MR) is 65.6 cm³/mol. The van der Waals surface area contributed by atoms with Crippen LogP contribution in [0.4, 0.5) is 5.69 Å². The van der Waals surface area contributed by atoms with Gasteiger partial charge in [0.25, 0.3) is 5.91 Å². The normalized spacial score (nSPS) is 14.3. The average molecular weight is 243 g/mol. The van der Waals surface area contributed by atoms with Crippen molar-refractivity contribution < 1.29 is 4.79 Å². The van der Waals surface area contributed by atoms with E-state index in [0.29, 0.717) is 24.3 Å². The highest BCUT2D eigenvalue weighted by molar-refractivity contribution is 5.98. The van der Waals surface area contributed by atoms with Gasteiger partial charge in [-0.2, -0.15) is 0 Å². The molecule has 0 aliphatic carbocycles. The van der Waals surface area contributed by atoms with Gasteiger partial charge in [0.2, 0.25) is 0 Å². The van der Waals surface area contributed by atoms with Gasteiger partial charge in [0.15, 0.2) is 0 Å². The van der Waals surface area contributed by atoms with Crippen LogP contribution in [0.15, 0.2) is 30.9 Å². The van der Waals surface area contributed by atoms with Crippen molar-refractivity contribution in [1.82, 2.24) is 19.4 Å². The summed E-state index contributed by atoms with van der Waals surface area (Å²) in [5.74, 6) is 0.839. The Hall–Kier alpha value is -2.37. The van der Waals surface area contributed by atoms with Gasteiger partial charge in [-0.25, -0.2) is 4.98 Å². The van der Waals surface area contributed by atoms with E-state index in [1.807, 2.05) is 6.20 Å². The first kappa shape index (κ1) is 10.8. The van der Waals surface area contributed by atoms with Crippen LogP contribution in [0.1, 0.15) is 16.2 Å². The SMILES string of the molecule is Nc1cnccc1C(=O)N1CCn2ccnc2C1. The highest BCUT2D eigenvalue weighted by Gasteiger charge is 2.23. The fraction of sp³-hybridized carbons (Fsp3) is 0.250. The van der Waals surface area contributed by atoms with E-state index in [0.717, 1.165) is 12.4 Å². The zero-order valence-corrected chi connectivity index (χ0v) is 9.78. The molecule has 1 aliphatic heterocycles. The largest absolute Gasteiger partial charge is 0.397 e. The van der Waals surface area contributed by atoms with Crippen molar-refractivity contribution in [2.24, 2.45) is 0 Å². The van der Waals surface area contributed by atoms with Crippen LogP contribution < -0.4 is 5.73 Å². The lowest BCUT2D eigenvalue weighted by Crippen LogP contribution is -2.38. The van der Waals surface area contributed by atoms with E-state index in [4.69, 9.17) is 5.73 Å². The van der Waals surface area contributed by atoms with E-state index in [-0.39, 0.29) is 5.91 Å². The van der Waals surface area contributed by atoms with Crippen LogP contribution in [0.25, 0.3) is 0 Å². The molecule has 2 aromatic heterocycles. The van der Waals surface area contributed by atoms with Crippen molar-refractivity contribution in [3.8, 4) is 0 Å². The van der Waals surface area contributed by atoms with E-state index in [2.05, 4.69) is 14.5 Å². The number of nitrogens with two attached hydrogens (primary N) is 1. The molecule has 92 valence electrons. The number of pyridine rings is 1. The molecular formula is C12H13N5O. The third-order valence-electron chi connectivity index (χ3n) is 3.11. The summed E-state index contributed by atoms with van der Waals surface area (Å²) in [5, 5.41) is 0. The van der Waals surface area contributed by atoms with Crippen LogP contribution >= 0.6 is 0 Å². The number of aromatic nitrogens is 3. The van der Waals surface area contributed by atoms with Gasteiger partial charge < -0.3 is 15.2 Å². The first-order valence-electron chi connectivity index (χ1n) is 5.74. The average Bonchev–Trinajstić information content (AvgIpc) is 2.85. The number of fused-ring (bicyclic) bond motifs is 1. The molecule has 3 heterocycles. The lowest BCUT2D eigenvalue weighted by Gasteiger charge is -2.28. The van der Waals surface area contributed by atoms with Gasteiger partial charge in [-0.3, -0.25) is 9.78 Å². The van der Waals surface area contributed by atoms with E-state index in [1.54, 1.807) is 23.4 Å². The minimum Gasteiger partial charge on any atom is -0.397 e. The number of hydrogen-bond donors (Lipinski definition) is 1. The van der Waals surface area contributed by atoms with E-state index in [1.165, 1.54) is 6.20 Å². The fourth-order valence-electron chi connectivity index (χ4n) is 2.12. The molecule has 1 aliphatic rings. The van der Waals surface area contributed by atoms with Crippen molar-refractivity contribution in [2.45, 2.75) is 13.1 Å². The van der Waals surface area contributed by atoms with Gasteiger partial charge in [0, 0.05) is 31.7 Å². The maximum atomic E-state index is 12.3. The Kier molecular flexibility index (Phi) is 2.47. The van der Waals surface area contributed by atoms with Crippen LogP contribution in [0, 0.1) is 0 Å². The maximum Gasteiger partial charge on any atom is 0.256 e. The number of nitrogens with zero attached hydrogens (tertiary/aromatic N) is 4. The highest BCUT2D eigenvalue weighted by atomic mass is 16.2. The molecule has 0 saturated carbocycles.